The number of hydrogen-bond acceptors (Lipinski definition) is 4. The summed E-state index contributed by atoms with van der Waals surface area (Å²) in [5.41, 5.74) is 0.706. The number of carbonyl (C=O) groups excluding carboxylic acids is 1. The smallest absolute Gasteiger partial charge is 0.322 e. The molecule has 0 spiro atoms. The van der Waals surface area contributed by atoms with Gasteiger partial charge in [0.15, 0.2) is 0 Å². The zero-order valence-electron chi connectivity index (χ0n) is 10.7. The van der Waals surface area contributed by atoms with Gasteiger partial charge in [0.1, 0.15) is 5.82 Å². The number of aromatic nitrogens is 1. The van der Waals surface area contributed by atoms with Gasteiger partial charge in [-0.3, -0.25) is 0 Å². The Bertz CT molecular complexity index is 399. The highest BCUT2D eigenvalue weighted by Gasteiger charge is 2.16. The molecule has 0 atom stereocenters. The summed E-state index contributed by atoms with van der Waals surface area (Å²) in [6, 6.07) is 3.62. The molecule has 0 radical (unpaired) electrons. The molecule has 2 rings (SSSR count). The Balaban J connectivity index is 1.94. The van der Waals surface area contributed by atoms with Gasteiger partial charge in [-0.2, -0.15) is 0 Å². The molecule has 1 saturated heterocycles. The second-order valence-electron chi connectivity index (χ2n) is 4.33. The molecule has 0 saturated carbocycles. The number of urea groups is 1. The molecular formula is C12H18N4O2. The normalized spacial score (nSPS) is 15.3. The van der Waals surface area contributed by atoms with Crippen LogP contribution in [0.25, 0.3) is 0 Å². The van der Waals surface area contributed by atoms with Gasteiger partial charge < -0.3 is 19.9 Å². The topological polar surface area (TPSA) is 57.7 Å². The van der Waals surface area contributed by atoms with Gasteiger partial charge in [0.05, 0.1) is 25.1 Å². The van der Waals surface area contributed by atoms with E-state index < -0.39 is 0 Å². The number of rotatable bonds is 2. The van der Waals surface area contributed by atoms with Gasteiger partial charge >= 0.3 is 6.03 Å². The van der Waals surface area contributed by atoms with Gasteiger partial charge in [0.25, 0.3) is 0 Å². The van der Waals surface area contributed by atoms with Crippen LogP contribution in [0.1, 0.15) is 0 Å². The maximum absolute atomic E-state index is 11.9. The predicted octanol–water partition coefficient (Wildman–Crippen LogP) is 1.01. The van der Waals surface area contributed by atoms with Crippen molar-refractivity contribution in [2.45, 2.75) is 0 Å². The molecule has 18 heavy (non-hydrogen) atoms. The number of anilines is 2. The summed E-state index contributed by atoms with van der Waals surface area (Å²) in [4.78, 5) is 19.8. The number of hydrogen-bond donors (Lipinski definition) is 1. The molecule has 0 aliphatic carbocycles. The maximum atomic E-state index is 11.9. The van der Waals surface area contributed by atoms with Crippen molar-refractivity contribution in [1.29, 1.82) is 0 Å². The molecule has 2 heterocycles. The SMILES string of the molecule is CN(C)c1ccc(NC(=O)N2CCOCC2)cn1. The Hall–Kier alpha value is -1.82. The van der Waals surface area contributed by atoms with Crippen LogP contribution in [0, 0.1) is 0 Å². The van der Waals surface area contributed by atoms with Crippen molar-refractivity contribution in [2.75, 3.05) is 50.6 Å². The van der Waals surface area contributed by atoms with Crippen molar-refractivity contribution >= 4 is 17.5 Å². The number of pyridine rings is 1. The van der Waals surface area contributed by atoms with E-state index >= 15 is 0 Å². The number of carbonyl (C=O) groups is 1. The van der Waals surface area contributed by atoms with Crippen molar-refractivity contribution in [3.05, 3.63) is 18.3 Å². The third-order valence-corrected chi connectivity index (χ3v) is 2.76. The van der Waals surface area contributed by atoms with Crippen LogP contribution in [-0.2, 0) is 4.74 Å². The average molecular weight is 250 g/mol. The standard InChI is InChI=1S/C12H18N4O2/c1-15(2)11-4-3-10(9-13-11)14-12(17)16-5-7-18-8-6-16/h3-4,9H,5-8H2,1-2H3,(H,14,17). The van der Waals surface area contributed by atoms with E-state index in [9.17, 15) is 4.79 Å². The first-order valence-corrected chi connectivity index (χ1v) is 5.94. The van der Waals surface area contributed by atoms with Crippen LogP contribution in [0.4, 0.5) is 16.3 Å². The van der Waals surface area contributed by atoms with Crippen molar-refractivity contribution in [3.63, 3.8) is 0 Å². The van der Waals surface area contributed by atoms with Crippen LogP contribution in [0.2, 0.25) is 0 Å². The molecule has 0 aromatic carbocycles. The highest BCUT2D eigenvalue weighted by molar-refractivity contribution is 5.89. The maximum Gasteiger partial charge on any atom is 0.322 e. The number of nitrogens with one attached hydrogen (secondary N) is 1. The molecule has 2 amide bonds. The fourth-order valence-corrected chi connectivity index (χ4v) is 1.69. The highest BCUT2D eigenvalue weighted by atomic mass is 16.5. The van der Waals surface area contributed by atoms with Crippen LogP contribution in [0.15, 0.2) is 18.3 Å². The lowest BCUT2D eigenvalue weighted by Gasteiger charge is -2.26. The Morgan fingerprint density at radius 1 is 1.39 bits per heavy atom. The first-order valence-electron chi connectivity index (χ1n) is 5.94. The number of nitrogens with zero attached hydrogens (tertiary/aromatic N) is 3. The number of amides is 2. The number of ether oxygens (including phenoxy) is 1. The Kier molecular flexibility index (Phi) is 3.99. The highest BCUT2D eigenvalue weighted by Crippen LogP contribution is 2.12. The van der Waals surface area contributed by atoms with Gasteiger partial charge in [-0.15, -0.1) is 0 Å². The molecule has 1 aliphatic heterocycles. The Labute approximate surface area is 107 Å². The molecule has 1 fully saturated rings. The molecule has 6 nitrogen and oxygen atoms in total. The summed E-state index contributed by atoms with van der Waals surface area (Å²) in [6.07, 6.45) is 1.66. The zero-order chi connectivity index (χ0) is 13.0. The van der Waals surface area contributed by atoms with E-state index in [0.717, 1.165) is 5.82 Å². The fourth-order valence-electron chi connectivity index (χ4n) is 1.69. The third kappa shape index (κ3) is 3.10. The summed E-state index contributed by atoms with van der Waals surface area (Å²) >= 11 is 0. The zero-order valence-corrected chi connectivity index (χ0v) is 10.7. The lowest BCUT2D eigenvalue weighted by Crippen LogP contribution is -2.43. The van der Waals surface area contributed by atoms with E-state index in [1.807, 2.05) is 31.1 Å². The van der Waals surface area contributed by atoms with E-state index in [1.54, 1.807) is 11.1 Å². The largest absolute Gasteiger partial charge is 0.378 e. The van der Waals surface area contributed by atoms with Crippen LogP contribution in [0.5, 0.6) is 0 Å². The van der Waals surface area contributed by atoms with E-state index in [4.69, 9.17) is 4.74 Å². The minimum Gasteiger partial charge on any atom is -0.378 e. The fraction of sp³-hybridized carbons (Fsp3) is 0.500. The summed E-state index contributed by atoms with van der Waals surface area (Å²) in [6.45, 7) is 2.47. The van der Waals surface area contributed by atoms with E-state index in [0.29, 0.717) is 32.0 Å². The molecule has 98 valence electrons. The van der Waals surface area contributed by atoms with E-state index in [2.05, 4.69) is 10.3 Å². The van der Waals surface area contributed by atoms with Gasteiger partial charge in [-0.25, -0.2) is 9.78 Å². The summed E-state index contributed by atoms with van der Waals surface area (Å²) in [5, 5.41) is 2.83. The van der Waals surface area contributed by atoms with Crippen LogP contribution in [-0.4, -0.2) is 56.3 Å². The summed E-state index contributed by atoms with van der Waals surface area (Å²) < 4.78 is 5.20. The first kappa shape index (κ1) is 12.6. The Morgan fingerprint density at radius 3 is 2.67 bits per heavy atom. The molecule has 1 aromatic heterocycles. The van der Waals surface area contributed by atoms with Crippen LogP contribution < -0.4 is 10.2 Å². The van der Waals surface area contributed by atoms with Gasteiger partial charge in [-0.05, 0) is 12.1 Å². The third-order valence-electron chi connectivity index (χ3n) is 2.76. The van der Waals surface area contributed by atoms with E-state index in [-0.39, 0.29) is 6.03 Å². The Morgan fingerprint density at radius 2 is 2.11 bits per heavy atom. The second kappa shape index (κ2) is 5.68. The van der Waals surface area contributed by atoms with Crippen molar-refractivity contribution in [2.24, 2.45) is 0 Å². The second-order valence-corrected chi connectivity index (χ2v) is 4.33. The molecule has 1 N–H and O–H groups in total. The monoisotopic (exact) mass is 250 g/mol. The average Bonchev–Trinajstić information content (AvgIpc) is 2.40. The minimum atomic E-state index is -0.0993. The van der Waals surface area contributed by atoms with Crippen molar-refractivity contribution < 1.29 is 9.53 Å². The van der Waals surface area contributed by atoms with Gasteiger partial charge in [-0.1, -0.05) is 0 Å². The summed E-state index contributed by atoms with van der Waals surface area (Å²) in [7, 11) is 3.85. The molecular weight excluding hydrogens is 232 g/mol. The first-order chi connectivity index (χ1) is 8.66. The lowest BCUT2D eigenvalue weighted by molar-refractivity contribution is 0.0564. The van der Waals surface area contributed by atoms with Gasteiger partial charge in [0, 0.05) is 27.2 Å². The van der Waals surface area contributed by atoms with Crippen LogP contribution in [0.3, 0.4) is 0 Å². The quantitative estimate of drug-likeness (QED) is 0.851. The lowest BCUT2D eigenvalue weighted by atomic mass is 10.4. The predicted molar refractivity (Wildman–Crippen MR) is 70.0 cm³/mol. The van der Waals surface area contributed by atoms with E-state index in [1.165, 1.54) is 0 Å². The van der Waals surface area contributed by atoms with Crippen molar-refractivity contribution in [3.8, 4) is 0 Å². The van der Waals surface area contributed by atoms with Crippen molar-refractivity contribution in [1.82, 2.24) is 9.88 Å². The molecule has 1 aliphatic rings. The molecule has 6 heteroatoms. The number of morpholine rings is 1. The molecule has 0 unspecified atom stereocenters. The van der Waals surface area contributed by atoms with Gasteiger partial charge in [0.2, 0.25) is 0 Å². The summed E-state index contributed by atoms with van der Waals surface area (Å²) in [5.74, 6) is 0.861. The minimum absolute atomic E-state index is 0.0993. The molecule has 1 aromatic rings. The molecule has 0 bridgehead atoms. The van der Waals surface area contributed by atoms with Crippen LogP contribution >= 0.6 is 0 Å².